The summed E-state index contributed by atoms with van der Waals surface area (Å²) in [7, 11) is 0. The molecule has 0 saturated carbocycles. The maximum absolute atomic E-state index is 12.4. The van der Waals surface area contributed by atoms with Crippen molar-refractivity contribution in [2.45, 2.75) is 26.4 Å². The standard InChI is InChI=1S/C21H19N3O4S/c1-21(2,3)28-20(27)16-18(25)23-17-14(10-22-24(17)19(16)26)15-9-13(11-29-15)12-7-5-4-6-8-12/h4-11,26H,1-3H3,(H,23,25). The molecule has 0 fully saturated rings. The molecular formula is C21H19N3O4S. The number of aromatic hydroxyl groups is 2. The summed E-state index contributed by atoms with van der Waals surface area (Å²) >= 11 is 1.50. The van der Waals surface area contributed by atoms with Gasteiger partial charge in [0.15, 0.2) is 11.2 Å². The van der Waals surface area contributed by atoms with E-state index in [1.165, 1.54) is 11.3 Å². The Hall–Kier alpha value is -3.39. The molecule has 7 nitrogen and oxygen atoms in total. The van der Waals surface area contributed by atoms with Gasteiger partial charge < -0.3 is 14.9 Å². The molecular weight excluding hydrogens is 390 g/mol. The maximum Gasteiger partial charge on any atom is 0.349 e. The fraction of sp³-hybridized carbons (Fsp3) is 0.190. The lowest BCUT2D eigenvalue weighted by Crippen LogP contribution is -2.24. The van der Waals surface area contributed by atoms with E-state index in [0.717, 1.165) is 20.5 Å². The van der Waals surface area contributed by atoms with Crippen molar-refractivity contribution in [3.05, 3.63) is 53.5 Å². The summed E-state index contributed by atoms with van der Waals surface area (Å²) in [4.78, 5) is 17.3. The van der Waals surface area contributed by atoms with Crippen molar-refractivity contribution in [2.24, 2.45) is 0 Å². The third kappa shape index (κ3) is 3.54. The highest BCUT2D eigenvalue weighted by Gasteiger charge is 2.28. The monoisotopic (exact) mass is 409 g/mol. The number of nitrogens with zero attached hydrogens (tertiary/aromatic N) is 3. The highest BCUT2D eigenvalue weighted by molar-refractivity contribution is 7.14. The molecule has 0 spiro atoms. The SMILES string of the molecule is CC(C)(C)OC(=O)c1c(O)nc2c(-c3cc(-c4ccccc4)cs3)cnn2c1O. The zero-order chi connectivity index (χ0) is 20.8. The lowest BCUT2D eigenvalue weighted by atomic mass is 10.1. The summed E-state index contributed by atoms with van der Waals surface area (Å²) in [6.07, 6.45) is 1.54. The van der Waals surface area contributed by atoms with Crippen LogP contribution in [0.2, 0.25) is 0 Å². The van der Waals surface area contributed by atoms with Gasteiger partial charge in [-0.2, -0.15) is 14.6 Å². The van der Waals surface area contributed by atoms with Gasteiger partial charge >= 0.3 is 5.97 Å². The molecule has 0 amide bonds. The molecule has 0 atom stereocenters. The first-order valence-electron chi connectivity index (χ1n) is 8.92. The predicted molar refractivity (Wildman–Crippen MR) is 110 cm³/mol. The van der Waals surface area contributed by atoms with Crippen LogP contribution in [0.1, 0.15) is 31.1 Å². The summed E-state index contributed by atoms with van der Waals surface area (Å²) in [5, 5.41) is 27.0. The lowest BCUT2D eigenvalue weighted by molar-refractivity contribution is 0.00619. The van der Waals surface area contributed by atoms with Crippen LogP contribution in [-0.2, 0) is 4.74 Å². The molecule has 3 aromatic heterocycles. The van der Waals surface area contributed by atoms with Crippen molar-refractivity contribution in [1.29, 1.82) is 0 Å². The van der Waals surface area contributed by atoms with Gasteiger partial charge in [0.25, 0.3) is 0 Å². The highest BCUT2D eigenvalue weighted by Crippen LogP contribution is 2.37. The fourth-order valence-corrected chi connectivity index (χ4v) is 3.84. The van der Waals surface area contributed by atoms with Gasteiger partial charge in [-0.25, -0.2) is 4.79 Å². The lowest BCUT2D eigenvalue weighted by Gasteiger charge is -2.19. The third-order valence-corrected chi connectivity index (χ3v) is 5.14. The number of fused-ring (bicyclic) bond motifs is 1. The van der Waals surface area contributed by atoms with E-state index in [0.29, 0.717) is 5.56 Å². The van der Waals surface area contributed by atoms with E-state index in [-0.39, 0.29) is 5.65 Å². The summed E-state index contributed by atoms with van der Waals surface area (Å²) < 4.78 is 6.36. The molecule has 0 unspecified atom stereocenters. The Morgan fingerprint density at radius 1 is 1.14 bits per heavy atom. The quantitative estimate of drug-likeness (QED) is 0.484. The van der Waals surface area contributed by atoms with Crippen molar-refractivity contribution in [1.82, 2.24) is 14.6 Å². The molecule has 0 bridgehead atoms. The molecule has 8 heteroatoms. The van der Waals surface area contributed by atoms with E-state index in [2.05, 4.69) is 10.1 Å². The van der Waals surface area contributed by atoms with Crippen molar-refractivity contribution < 1.29 is 19.7 Å². The van der Waals surface area contributed by atoms with Crippen LogP contribution in [0.15, 0.2) is 48.0 Å². The number of benzene rings is 1. The highest BCUT2D eigenvalue weighted by atomic mass is 32.1. The van der Waals surface area contributed by atoms with Crippen molar-refractivity contribution in [2.75, 3.05) is 0 Å². The largest absolute Gasteiger partial charge is 0.492 e. The van der Waals surface area contributed by atoms with Gasteiger partial charge in [-0.1, -0.05) is 30.3 Å². The van der Waals surface area contributed by atoms with Gasteiger partial charge in [-0.05, 0) is 43.3 Å². The number of thiophene rings is 1. The molecule has 1 aromatic carbocycles. The molecule has 29 heavy (non-hydrogen) atoms. The van der Waals surface area contributed by atoms with Crippen LogP contribution in [0.4, 0.5) is 0 Å². The van der Waals surface area contributed by atoms with Crippen molar-refractivity contribution in [3.8, 4) is 33.3 Å². The summed E-state index contributed by atoms with van der Waals surface area (Å²) in [5.41, 5.74) is 1.80. The number of carbonyl (C=O) groups excluding carboxylic acids is 1. The van der Waals surface area contributed by atoms with Crippen molar-refractivity contribution in [3.63, 3.8) is 0 Å². The zero-order valence-corrected chi connectivity index (χ0v) is 16.9. The minimum Gasteiger partial charge on any atom is -0.492 e. The van der Waals surface area contributed by atoms with Gasteiger partial charge in [0.2, 0.25) is 11.8 Å². The number of aromatic nitrogens is 3. The molecule has 0 aliphatic rings. The predicted octanol–water partition coefficient (Wildman–Crippen LogP) is 4.49. The number of hydrogen-bond donors (Lipinski definition) is 2. The van der Waals surface area contributed by atoms with Crippen LogP contribution in [0, 0.1) is 0 Å². The second-order valence-electron chi connectivity index (χ2n) is 7.50. The zero-order valence-electron chi connectivity index (χ0n) is 16.1. The number of ether oxygens (including phenoxy) is 1. The Morgan fingerprint density at radius 3 is 2.55 bits per heavy atom. The Bertz CT molecular complexity index is 1210. The third-order valence-electron chi connectivity index (χ3n) is 4.18. The fourth-order valence-electron chi connectivity index (χ4n) is 2.91. The summed E-state index contributed by atoms with van der Waals surface area (Å²) in [6, 6.07) is 11.9. The van der Waals surface area contributed by atoms with Gasteiger partial charge in [-0.15, -0.1) is 11.3 Å². The van der Waals surface area contributed by atoms with E-state index < -0.39 is 28.9 Å². The topological polar surface area (TPSA) is 97.0 Å². The van der Waals surface area contributed by atoms with Crippen LogP contribution < -0.4 is 0 Å². The number of carbonyl (C=O) groups is 1. The van der Waals surface area contributed by atoms with E-state index in [1.807, 2.05) is 41.8 Å². The molecule has 2 N–H and O–H groups in total. The molecule has 4 rings (SSSR count). The van der Waals surface area contributed by atoms with Crippen LogP contribution in [0.3, 0.4) is 0 Å². The van der Waals surface area contributed by atoms with Gasteiger partial charge in [-0.3, -0.25) is 0 Å². The minimum atomic E-state index is -0.874. The first kappa shape index (κ1) is 18.9. The molecule has 4 aromatic rings. The molecule has 148 valence electrons. The summed E-state index contributed by atoms with van der Waals surface area (Å²) in [5.74, 6) is -2.00. The normalized spacial score (nSPS) is 11.7. The van der Waals surface area contributed by atoms with Gasteiger partial charge in [0.1, 0.15) is 5.60 Å². The number of esters is 1. The van der Waals surface area contributed by atoms with Crippen LogP contribution >= 0.6 is 11.3 Å². The molecule has 0 saturated heterocycles. The van der Waals surface area contributed by atoms with Gasteiger partial charge in [0.05, 0.1) is 11.8 Å². The number of hydrogen-bond acceptors (Lipinski definition) is 7. The molecule has 0 aliphatic carbocycles. The smallest absolute Gasteiger partial charge is 0.349 e. The summed E-state index contributed by atoms with van der Waals surface area (Å²) in [6.45, 7) is 5.08. The Morgan fingerprint density at radius 2 is 1.86 bits per heavy atom. The molecule has 0 radical (unpaired) electrons. The van der Waals surface area contributed by atoms with E-state index >= 15 is 0 Å². The Balaban J connectivity index is 1.77. The van der Waals surface area contributed by atoms with E-state index in [9.17, 15) is 15.0 Å². The second kappa shape index (κ2) is 6.89. The first-order chi connectivity index (χ1) is 13.7. The van der Waals surface area contributed by atoms with Crippen LogP contribution in [0.5, 0.6) is 11.8 Å². The van der Waals surface area contributed by atoms with Crippen LogP contribution in [-0.4, -0.2) is 36.4 Å². The van der Waals surface area contributed by atoms with E-state index in [1.54, 1.807) is 27.0 Å². The Kier molecular flexibility index (Phi) is 4.50. The first-order valence-corrected chi connectivity index (χ1v) is 9.80. The molecule has 0 aliphatic heterocycles. The minimum absolute atomic E-state index is 0.244. The second-order valence-corrected chi connectivity index (χ2v) is 8.41. The van der Waals surface area contributed by atoms with Crippen molar-refractivity contribution >= 4 is 23.0 Å². The molecule has 3 heterocycles. The van der Waals surface area contributed by atoms with E-state index in [4.69, 9.17) is 4.74 Å². The Labute approximate surface area is 170 Å². The maximum atomic E-state index is 12.4. The van der Waals surface area contributed by atoms with Crippen LogP contribution in [0.25, 0.3) is 27.2 Å². The van der Waals surface area contributed by atoms with Gasteiger partial charge in [0, 0.05) is 4.88 Å². The average Bonchev–Trinajstić information content (AvgIpc) is 3.27. The average molecular weight is 409 g/mol. The number of rotatable bonds is 3.